The molecule has 0 heterocycles. The van der Waals surface area contributed by atoms with Crippen LogP contribution < -0.4 is 5.32 Å². The number of nitrogens with one attached hydrogen (secondary N) is 1. The summed E-state index contributed by atoms with van der Waals surface area (Å²) in [7, 11) is 3.64. The Kier molecular flexibility index (Phi) is 6.02. The van der Waals surface area contributed by atoms with E-state index in [0.717, 1.165) is 32.4 Å². The van der Waals surface area contributed by atoms with E-state index in [1.807, 2.05) is 14.0 Å². The van der Waals surface area contributed by atoms with Crippen LogP contribution in [-0.2, 0) is 14.3 Å². The van der Waals surface area contributed by atoms with E-state index in [4.69, 9.17) is 9.47 Å². The number of esters is 1. The third kappa shape index (κ3) is 3.96. The minimum Gasteiger partial charge on any atom is -0.465 e. The minimum atomic E-state index is -0.501. The second kappa shape index (κ2) is 7.56. The fourth-order valence-electron chi connectivity index (χ4n) is 3.58. The van der Waals surface area contributed by atoms with E-state index in [1.165, 1.54) is 19.3 Å². The number of carbonyl (C=O) groups is 1. The van der Waals surface area contributed by atoms with E-state index in [2.05, 4.69) is 10.2 Å². The Balaban J connectivity index is 2.04. The van der Waals surface area contributed by atoms with Gasteiger partial charge >= 0.3 is 5.97 Å². The van der Waals surface area contributed by atoms with Gasteiger partial charge in [-0.1, -0.05) is 0 Å². The van der Waals surface area contributed by atoms with Crippen molar-refractivity contribution in [1.29, 1.82) is 0 Å². The molecule has 1 N–H and O–H groups in total. The topological polar surface area (TPSA) is 50.8 Å². The van der Waals surface area contributed by atoms with E-state index in [0.29, 0.717) is 18.7 Å². The van der Waals surface area contributed by atoms with Crippen molar-refractivity contribution in [3.05, 3.63) is 0 Å². The van der Waals surface area contributed by atoms with Gasteiger partial charge in [-0.05, 0) is 52.5 Å². The summed E-state index contributed by atoms with van der Waals surface area (Å²) in [5, 5.41) is 3.27. The van der Waals surface area contributed by atoms with Crippen LogP contribution in [0.25, 0.3) is 0 Å². The first kappa shape index (κ1) is 16.7. The summed E-state index contributed by atoms with van der Waals surface area (Å²) < 4.78 is 10.6. The maximum absolute atomic E-state index is 12.4. The molecule has 0 radical (unpaired) electrons. The van der Waals surface area contributed by atoms with Gasteiger partial charge in [-0.25, -0.2) is 0 Å². The highest BCUT2D eigenvalue weighted by Crippen LogP contribution is 2.37. The van der Waals surface area contributed by atoms with Crippen LogP contribution >= 0.6 is 0 Å². The van der Waals surface area contributed by atoms with Crippen molar-refractivity contribution in [2.24, 2.45) is 0 Å². The number of rotatable bonds is 8. The van der Waals surface area contributed by atoms with E-state index in [-0.39, 0.29) is 5.97 Å². The number of methoxy groups -OCH3 is 1. The van der Waals surface area contributed by atoms with Crippen molar-refractivity contribution in [1.82, 2.24) is 10.2 Å². The number of carbonyl (C=O) groups excluding carboxylic acids is 1. The van der Waals surface area contributed by atoms with E-state index in [9.17, 15) is 4.79 Å². The molecular weight excluding hydrogens is 268 g/mol. The summed E-state index contributed by atoms with van der Waals surface area (Å²) in [4.78, 5) is 15.0. The highest BCUT2D eigenvalue weighted by Gasteiger charge is 2.46. The third-order valence-corrected chi connectivity index (χ3v) is 4.91. The van der Waals surface area contributed by atoms with Crippen LogP contribution in [0.4, 0.5) is 0 Å². The van der Waals surface area contributed by atoms with E-state index in [1.54, 1.807) is 7.11 Å². The van der Waals surface area contributed by atoms with Crippen LogP contribution in [0.5, 0.6) is 0 Å². The zero-order valence-electron chi connectivity index (χ0n) is 13.7. The number of likely N-dealkylation sites (N-methyl/N-ethyl adjacent to an activating group) is 1. The maximum atomic E-state index is 12.4. The summed E-state index contributed by atoms with van der Waals surface area (Å²) in [6.07, 6.45) is 6.53. The van der Waals surface area contributed by atoms with E-state index < -0.39 is 5.54 Å². The van der Waals surface area contributed by atoms with Crippen LogP contribution in [-0.4, -0.2) is 62.4 Å². The first-order valence-corrected chi connectivity index (χ1v) is 8.27. The Hall–Kier alpha value is -0.650. The number of hydrogen-bond donors (Lipinski definition) is 1. The molecule has 122 valence electrons. The quantitative estimate of drug-likeness (QED) is 0.689. The Morgan fingerprint density at radius 2 is 2.10 bits per heavy atom. The van der Waals surface area contributed by atoms with Gasteiger partial charge in [0.1, 0.15) is 5.54 Å². The Bertz CT molecular complexity index is 346. The molecule has 0 aromatic heterocycles. The van der Waals surface area contributed by atoms with Gasteiger partial charge in [-0.2, -0.15) is 0 Å². The summed E-state index contributed by atoms with van der Waals surface area (Å²) >= 11 is 0. The average molecular weight is 298 g/mol. The number of ether oxygens (including phenoxy) is 2. The van der Waals surface area contributed by atoms with Crippen molar-refractivity contribution in [3.8, 4) is 0 Å². The Morgan fingerprint density at radius 1 is 1.33 bits per heavy atom. The zero-order chi connectivity index (χ0) is 15.3. The van der Waals surface area contributed by atoms with Gasteiger partial charge in [0.05, 0.1) is 13.2 Å². The van der Waals surface area contributed by atoms with Crippen molar-refractivity contribution >= 4 is 5.97 Å². The van der Waals surface area contributed by atoms with Gasteiger partial charge in [0.15, 0.2) is 0 Å². The lowest BCUT2D eigenvalue weighted by molar-refractivity contribution is -0.153. The van der Waals surface area contributed by atoms with Crippen molar-refractivity contribution in [3.63, 3.8) is 0 Å². The molecule has 0 aromatic rings. The standard InChI is InChI=1S/C16H30N2O3/c1-4-21-15(19)16(17-2)9-5-6-14(12-16)18(10-11-20-3)13-7-8-13/h13-14,17H,4-12H2,1-3H3. The fourth-order valence-corrected chi connectivity index (χ4v) is 3.58. The van der Waals surface area contributed by atoms with Gasteiger partial charge in [-0.15, -0.1) is 0 Å². The lowest BCUT2D eigenvalue weighted by Crippen LogP contribution is -2.58. The summed E-state index contributed by atoms with van der Waals surface area (Å²) in [5.74, 6) is -0.0836. The Morgan fingerprint density at radius 3 is 2.67 bits per heavy atom. The van der Waals surface area contributed by atoms with Gasteiger partial charge in [0.25, 0.3) is 0 Å². The molecule has 0 saturated heterocycles. The average Bonchev–Trinajstić information content (AvgIpc) is 3.33. The predicted molar refractivity (Wildman–Crippen MR) is 82.3 cm³/mol. The number of nitrogens with zero attached hydrogens (tertiary/aromatic N) is 1. The van der Waals surface area contributed by atoms with Crippen molar-refractivity contribution in [2.75, 3.05) is 33.9 Å². The second-order valence-electron chi connectivity index (χ2n) is 6.26. The molecule has 0 spiro atoms. The minimum absolute atomic E-state index is 0.0836. The van der Waals surface area contributed by atoms with Gasteiger partial charge in [0, 0.05) is 25.7 Å². The molecule has 2 rings (SSSR count). The van der Waals surface area contributed by atoms with Crippen LogP contribution in [0.3, 0.4) is 0 Å². The lowest BCUT2D eigenvalue weighted by atomic mass is 9.78. The molecule has 5 heteroatoms. The summed E-state index contributed by atoms with van der Waals surface area (Å²) in [6.45, 7) is 4.05. The number of hydrogen-bond acceptors (Lipinski definition) is 5. The van der Waals surface area contributed by atoms with Crippen LogP contribution in [0.1, 0.15) is 45.4 Å². The molecule has 21 heavy (non-hydrogen) atoms. The SMILES string of the molecule is CCOC(=O)C1(NC)CCCC(N(CCOC)C2CC2)C1. The third-order valence-electron chi connectivity index (χ3n) is 4.91. The van der Waals surface area contributed by atoms with Crippen LogP contribution in [0, 0.1) is 0 Å². The fraction of sp³-hybridized carbons (Fsp3) is 0.938. The van der Waals surface area contributed by atoms with Crippen molar-refractivity contribution < 1.29 is 14.3 Å². The molecular formula is C16H30N2O3. The van der Waals surface area contributed by atoms with Gasteiger partial charge in [0.2, 0.25) is 0 Å². The highest BCUT2D eigenvalue weighted by atomic mass is 16.5. The zero-order valence-corrected chi connectivity index (χ0v) is 13.7. The molecule has 2 aliphatic carbocycles. The molecule has 2 aliphatic rings. The lowest BCUT2D eigenvalue weighted by Gasteiger charge is -2.43. The highest BCUT2D eigenvalue weighted by molar-refractivity contribution is 5.81. The predicted octanol–water partition coefficient (Wildman–Crippen LogP) is 1.56. The normalized spacial score (nSPS) is 29.6. The molecule has 2 fully saturated rings. The maximum Gasteiger partial charge on any atom is 0.326 e. The Labute approximate surface area is 128 Å². The molecule has 2 saturated carbocycles. The molecule has 5 nitrogen and oxygen atoms in total. The molecule has 2 unspecified atom stereocenters. The smallest absolute Gasteiger partial charge is 0.326 e. The first-order chi connectivity index (χ1) is 10.2. The van der Waals surface area contributed by atoms with Crippen molar-refractivity contribution in [2.45, 2.75) is 63.1 Å². The molecule has 0 amide bonds. The molecule has 0 bridgehead atoms. The van der Waals surface area contributed by atoms with E-state index >= 15 is 0 Å². The van der Waals surface area contributed by atoms with Crippen LogP contribution in [0.2, 0.25) is 0 Å². The largest absolute Gasteiger partial charge is 0.465 e. The summed E-state index contributed by atoms with van der Waals surface area (Å²) in [6, 6.07) is 1.15. The van der Waals surface area contributed by atoms with Gasteiger partial charge in [-0.3, -0.25) is 9.69 Å². The molecule has 2 atom stereocenters. The molecule has 0 aromatic carbocycles. The monoisotopic (exact) mass is 298 g/mol. The first-order valence-electron chi connectivity index (χ1n) is 8.27. The van der Waals surface area contributed by atoms with Gasteiger partial charge < -0.3 is 14.8 Å². The summed E-state index contributed by atoms with van der Waals surface area (Å²) in [5.41, 5.74) is -0.501. The molecule has 0 aliphatic heterocycles. The van der Waals surface area contributed by atoms with Crippen LogP contribution in [0.15, 0.2) is 0 Å². The second-order valence-corrected chi connectivity index (χ2v) is 6.26.